The molecule has 1 saturated heterocycles. The normalized spacial score (nSPS) is 19.8. The predicted octanol–water partition coefficient (Wildman–Crippen LogP) is 3.31. The van der Waals surface area contributed by atoms with Gasteiger partial charge in [0.1, 0.15) is 5.75 Å². The van der Waals surface area contributed by atoms with E-state index in [1.807, 2.05) is 18.7 Å². The number of hydrogen-bond donors (Lipinski definition) is 1. The van der Waals surface area contributed by atoms with E-state index in [1.54, 1.807) is 0 Å². The second kappa shape index (κ2) is 5.48. The van der Waals surface area contributed by atoms with Crippen molar-refractivity contribution in [2.75, 3.05) is 23.4 Å². The molecule has 1 aliphatic rings. The molecule has 0 amide bonds. The number of rotatable bonds is 4. The Morgan fingerprint density at radius 2 is 2.38 bits per heavy atom. The fraction of sp³-hybridized carbons (Fsp3) is 0.538. The maximum absolute atomic E-state index is 5.66. The first-order valence-electron chi connectivity index (χ1n) is 5.87. The number of ether oxygens (including phenoxy) is 1. The lowest BCUT2D eigenvalue weighted by Crippen LogP contribution is -2.18. The van der Waals surface area contributed by atoms with Crippen LogP contribution >= 0.6 is 11.8 Å². The Kier molecular flexibility index (Phi) is 3.99. The van der Waals surface area contributed by atoms with Crippen LogP contribution in [0.15, 0.2) is 18.2 Å². The molecular weight excluding hydrogens is 218 g/mol. The van der Waals surface area contributed by atoms with E-state index >= 15 is 0 Å². The summed E-state index contributed by atoms with van der Waals surface area (Å²) in [7, 11) is 0. The van der Waals surface area contributed by atoms with E-state index in [0.29, 0.717) is 6.04 Å². The fourth-order valence-electron chi connectivity index (χ4n) is 1.89. The predicted molar refractivity (Wildman–Crippen MR) is 71.7 cm³/mol. The van der Waals surface area contributed by atoms with Gasteiger partial charge in [-0.3, -0.25) is 0 Å². The number of nitrogens with one attached hydrogen (secondary N) is 1. The Morgan fingerprint density at radius 1 is 1.50 bits per heavy atom. The van der Waals surface area contributed by atoms with E-state index in [4.69, 9.17) is 4.74 Å². The van der Waals surface area contributed by atoms with Gasteiger partial charge >= 0.3 is 0 Å². The third-order valence-corrected chi connectivity index (χ3v) is 3.89. The van der Waals surface area contributed by atoms with Crippen LogP contribution in [0.1, 0.15) is 18.9 Å². The zero-order valence-electron chi connectivity index (χ0n) is 9.95. The highest BCUT2D eigenvalue weighted by molar-refractivity contribution is 7.99. The second-order valence-electron chi connectivity index (χ2n) is 4.14. The minimum Gasteiger partial charge on any atom is -0.492 e. The molecule has 2 nitrogen and oxygen atoms in total. The van der Waals surface area contributed by atoms with Crippen molar-refractivity contribution in [3.8, 4) is 5.75 Å². The van der Waals surface area contributed by atoms with Crippen molar-refractivity contribution in [3.05, 3.63) is 23.8 Å². The highest BCUT2D eigenvalue weighted by atomic mass is 32.2. The van der Waals surface area contributed by atoms with E-state index in [9.17, 15) is 0 Å². The third-order valence-electron chi connectivity index (χ3n) is 2.73. The Balaban J connectivity index is 2.11. The maximum atomic E-state index is 5.66. The Bertz CT molecular complexity index is 348. The first-order valence-corrected chi connectivity index (χ1v) is 7.03. The summed E-state index contributed by atoms with van der Waals surface area (Å²) < 4.78 is 5.66. The SMILES string of the molecule is CCOc1cc(C)ccc1NC1CCSC1. The molecule has 0 bridgehead atoms. The van der Waals surface area contributed by atoms with Crippen LogP contribution in [0.25, 0.3) is 0 Å². The Morgan fingerprint density at radius 3 is 3.06 bits per heavy atom. The number of aryl methyl sites for hydroxylation is 1. The molecule has 0 radical (unpaired) electrons. The molecular formula is C13H19NOS. The summed E-state index contributed by atoms with van der Waals surface area (Å²) in [5.74, 6) is 3.46. The molecule has 1 aromatic carbocycles. The lowest BCUT2D eigenvalue weighted by molar-refractivity contribution is 0.341. The van der Waals surface area contributed by atoms with Gasteiger partial charge in [0.2, 0.25) is 0 Å². The van der Waals surface area contributed by atoms with Crippen LogP contribution in [-0.2, 0) is 0 Å². The van der Waals surface area contributed by atoms with Crippen LogP contribution in [0, 0.1) is 6.92 Å². The summed E-state index contributed by atoms with van der Waals surface area (Å²) in [5.41, 5.74) is 2.38. The number of anilines is 1. The van der Waals surface area contributed by atoms with Crippen molar-refractivity contribution >= 4 is 17.4 Å². The molecule has 1 heterocycles. The highest BCUT2D eigenvalue weighted by Gasteiger charge is 2.16. The summed E-state index contributed by atoms with van der Waals surface area (Å²) in [6.07, 6.45) is 1.25. The lowest BCUT2D eigenvalue weighted by Gasteiger charge is -2.17. The first-order chi connectivity index (χ1) is 7.79. The van der Waals surface area contributed by atoms with Gasteiger partial charge < -0.3 is 10.1 Å². The van der Waals surface area contributed by atoms with E-state index in [-0.39, 0.29) is 0 Å². The first kappa shape index (κ1) is 11.6. The van der Waals surface area contributed by atoms with Crippen molar-refractivity contribution in [1.82, 2.24) is 0 Å². The standard InChI is InChI=1S/C13H19NOS/c1-3-15-13-8-10(2)4-5-12(13)14-11-6-7-16-9-11/h4-5,8,11,14H,3,6-7,9H2,1-2H3. The van der Waals surface area contributed by atoms with Gasteiger partial charge in [0.25, 0.3) is 0 Å². The molecule has 0 saturated carbocycles. The molecule has 16 heavy (non-hydrogen) atoms. The van der Waals surface area contributed by atoms with Gasteiger partial charge in [-0.15, -0.1) is 0 Å². The molecule has 1 unspecified atom stereocenters. The molecule has 1 aromatic rings. The van der Waals surface area contributed by atoms with E-state index < -0.39 is 0 Å². The average Bonchev–Trinajstić information content (AvgIpc) is 2.75. The molecule has 0 aliphatic carbocycles. The lowest BCUT2D eigenvalue weighted by atomic mass is 10.2. The second-order valence-corrected chi connectivity index (χ2v) is 5.29. The van der Waals surface area contributed by atoms with Crippen LogP contribution in [-0.4, -0.2) is 24.2 Å². The van der Waals surface area contributed by atoms with E-state index in [0.717, 1.165) is 18.0 Å². The fourth-order valence-corrected chi connectivity index (χ4v) is 3.04. The summed E-state index contributed by atoms with van der Waals surface area (Å²) in [4.78, 5) is 0. The molecule has 1 N–H and O–H groups in total. The van der Waals surface area contributed by atoms with Crippen molar-refractivity contribution in [2.45, 2.75) is 26.3 Å². The van der Waals surface area contributed by atoms with Gasteiger partial charge in [-0.2, -0.15) is 11.8 Å². The van der Waals surface area contributed by atoms with Crippen molar-refractivity contribution < 1.29 is 4.74 Å². The Labute approximate surface area is 102 Å². The van der Waals surface area contributed by atoms with Gasteiger partial charge in [-0.25, -0.2) is 0 Å². The largest absolute Gasteiger partial charge is 0.492 e. The molecule has 0 spiro atoms. The maximum Gasteiger partial charge on any atom is 0.142 e. The van der Waals surface area contributed by atoms with Gasteiger partial charge in [0.05, 0.1) is 12.3 Å². The molecule has 0 aromatic heterocycles. The van der Waals surface area contributed by atoms with Crippen LogP contribution in [0.5, 0.6) is 5.75 Å². The van der Waals surface area contributed by atoms with Crippen LogP contribution in [0.2, 0.25) is 0 Å². The topological polar surface area (TPSA) is 21.3 Å². The van der Waals surface area contributed by atoms with Gasteiger partial charge in [0, 0.05) is 11.8 Å². The zero-order valence-corrected chi connectivity index (χ0v) is 10.8. The van der Waals surface area contributed by atoms with Gasteiger partial charge in [0.15, 0.2) is 0 Å². The molecule has 1 atom stereocenters. The summed E-state index contributed by atoms with van der Waals surface area (Å²) in [5, 5.41) is 3.58. The molecule has 1 aliphatic heterocycles. The van der Waals surface area contributed by atoms with Crippen LogP contribution in [0.3, 0.4) is 0 Å². The smallest absolute Gasteiger partial charge is 0.142 e. The molecule has 3 heteroatoms. The highest BCUT2D eigenvalue weighted by Crippen LogP contribution is 2.29. The minimum absolute atomic E-state index is 0.604. The third kappa shape index (κ3) is 2.85. The van der Waals surface area contributed by atoms with Gasteiger partial charge in [-0.05, 0) is 43.7 Å². The van der Waals surface area contributed by atoms with Crippen LogP contribution < -0.4 is 10.1 Å². The quantitative estimate of drug-likeness (QED) is 0.868. The molecule has 2 rings (SSSR count). The van der Waals surface area contributed by atoms with Crippen molar-refractivity contribution in [2.24, 2.45) is 0 Å². The molecule has 1 fully saturated rings. The van der Waals surface area contributed by atoms with Crippen molar-refractivity contribution in [3.63, 3.8) is 0 Å². The zero-order chi connectivity index (χ0) is 11.4. The number of hydrogen-bond acceptors (Lipinski definition) is 3. The average molecular weight is 237 g/mol. The number of thioether (sulfide) groups is 1. The monoisotopic (exact) mass is 237 g/mol. The van der Waals surface area contributed by atoms with E-state index in [2.05, 4.69) is 30.4 Å². The summed E-state index contributed by atoms with van der Waals surface area (Å²) in [6.45, 7) is 4.84. The van der Waals surface area contributed by atoms with E-state index in [1.165, 1.54) is 23.5 Å². The minimum atomic E-state index is 0.604. The van der Waals surface area contributed by atoms with Gasteiger partial charge in [-0.1, -0.05) is 6.07 Å². The van der Waals surface area contributed by atoms with Crippen LogP contribution in [0.4, 0.5) is 5.69 Å². The summed E-state index contributed by atoms with van der Waals surface area (Å²) >= 11 is 2.02. The Hall–Kier alpha value is -0.830. The van der Waals surface area contributed by atoms with Crippen molar-refractivity contribution in [1.29, 1.82) is 0 Å². The number of benzene rings is 1. The summed E-state index contributed by atoms with van der Waals surface area (Å²) in [6, 6.07) is 6.97. The molecule has 88 valence electrons.